The van der Waals surface area contributed by atoms with Gasteiger partial charge in [-0.2, -0.15) is 13.2 Å². The molecule has 1 aromatic heterocycles. The number of nitrogens with one attached hydrogen (secondary N) is 1. The summed E-state index contributed by atoms with van der Waals surface area (Å²) in [5, 5.41) is 3.17. The highest BCUT2D eigenvalue weighted by Crippen LogP contribution is 2.22. The molecule has 0 amide bonds. The highest BCUT2D eigenvalue weighted by atomic mass is 32.1. The number of rotatable bonds is 7. The molecule has 0 saturated heterocycles. The van der Waals surface area contributed by atoms with Crippen LogP contribution < -0.4 is 5.32 Å². The van der Waals surface area contributed by atoms with Crippen molar-refractivity contribution in [2.45, 2.75) is 45.3 Å². The molecule has 0 saturated carbocycles. The number of thiophene rings is 1. The Balaban J connectivity index is 2.04. The lowest BCUT2D eigenvalue weighted by Crippen LogP contribution is -2.15. The maximum absolute atomic E-state index is 11.9. The number of halogens is 3. The van der Waals surface area contributed by atoms with Crippen LogP contribution >= 0.6 is 11.3 Å². The predicted octanol–water partition coefficient (Wildman–Crippen LogP) is 4.13. The lowest BCUT2D eigenvalue weighted by molar-refractivity contribution is -0.135. The second kappa shape index (κ2) is 7.01. The van der Waals surface area contributed by atoms with Crippen molar-refractivity contribution >= 4 is 11.3 Å². The number of aryl methyl sites for hydroxylation is 1. The molecule has 1 heterocycles. The van der Waals surface area contributed by atoms with Crippen LogP contribution in [0.1, 0.15) is 35.9 Å². The van der Waals surface area contributed by atoms with E-state index in [0.717, 1.165) is 13.0 Å². The summed E-state index contributed by atoms with van der Waals surface area (Å²) in [6.45, 7) is 3.52. The molecule has 0 unspecified atom stereocenters. The number of hydrogen-bond acceptors (Lipinski definition) is 2. The Morgan fingerprint density at radius 2 is 1.88 bits per heavy atom. The number of unbranched alkanes of at least 4 members (excludes halogenated alkanes) is 1. The van der Waals surface area contributed by atoms with Crippen molar-refractivity contribution in [3.8, 4) is 0 Å². The van der Waals surface area contributed by atoms with Gasteiger partial charge in [-0.15, -0.1) is 11.3 Å². The van der Waals surface area contributed by atoms with Crippen LogP contribution in [0.25, 0.3) is 0 Å². The van der Waals surface area contributed by atoms with Gasteiger partial charge in [-0.1, -0.05) is 6.92 Å². The molecule has 0 fully saturated rings. The highest BCUT2D eigenvalue weighted by molar-refractivity contribution is 7.11. The van der Waals surface area contributed by atoms with E-state index in [4.69, 9.17) is 0 Å². The summed E-state index contributed by atoms with van der Waals surface area (Å²) >= 11 is 1.76. The second-order valence-corrected chi connectivity index (χ2v) is 5.22. The Bertz CT molecular complexity index is 320. The molecule has 0 bridgehead atoms. The second-order valence-electron chi connectivity index (χ2n) is 3.97. The molecule has 1 aromatic rings. The molecule has 0 aliphatic heterocycles. The molecule has 17 heavy (non-hydrogen) atoms. The van der Waals surface area contributed by atoms with Crippen LogP contribution in [0.15, 0.2) is 12.1 Å². The summed E-state index contributed by atoms with van der Waals surface area (Å²) in [5.41, 5.74) is 0. The van der Waals surface area contributed by atoms with Crippen LogP contribution in [0.3, 0.4) is 0 Å². The average molecular weight is 265 g/mol. The highest BCUT2D eigenvalue weighted by Gasteiger charge is 2.25. The van der Waals surface area contributed by atoms with E-state index in [0.29, 0.717) is 13.0 Å². The zero-order chi connectivity index (χ0) is 12.7. The predicted molar refractivity (Wildman–Crippen MR) is 65.3 cm³/mol. The molecule has 98 valence electrons. The Hall–Kier alpha value is -0.550. The van der Waals surface area contributed by atoms with Gasteiger partial charge in [0.05, 0.1) is 0 Å². The molecular formula is C12H18F3NS. The van der Waals surface area contributed by atoms with Crippen LogP contribution in [0.5, 0.6) is 0 Å². The van der Waals surface area contributed by atoms with E-state index in [-0.39, 0.29) is 6.42 Å². The summed E-state index contributed by atoms with van der Waals surface area (Å²) in [5.74, 6) is 0. The van der Waals surface area contributed by atoms with Gasteiger partial charge in [-0.05, 0) is 37.9 Å². The van der Waals surface area contributed by atoms with Crippen molar-refractivity contribution < 1.29 is 13.2 Å². The van der Waals surface area contributed by atoms with E-state index < -0.39 is 12.6 Å². The molecule has 1 N–H and O–H groups in total. The summed E-state index contributed by atoms with van der Waals surface area (Å²) in [4.78, 5) is 2.59. The van der Waals surface area contributed by atoms with Gasteiger partial charge in [0.2, 0.25) is 0 Å². The first-order valence-corrected chi connectivity index (χ1v) is 6.68. The van der Waals surface area contributed by atoms with Gasteiger partial charge < -0.3 is 5.32 Å². The summed E-state index contributed by atoms with van der Waals surface area (Å²) in [6.07, 6.45) is -2.86. The molecule has 0 aromatic carbocycles. The molecule has 0 aliphatic rings. The molecule has 5 heteroatoms. The first kappa shape index (κ1) is 14.5. The molecule has 0 spiro atoms. The van der Waals surface area contributed by atoms with Gasteiger partial charge in [0.1, 0.15) is 0 Å². The van der Waals surface area contributed by atoms with E-state index in [9.17, 15) is 13.2 Å². The maximum atomic E-state index is 11.9. The van der Waals surface area contributed by atoms with Gasteiger partial charge in [0, 0.05) is 22.7 Å². The molecule has 0 radical (unpaired) electrons. The van der Waals surface area contributed by atoms with Crippen molar-refractivity contribution in [1.82, 2.24) is 5.32 Å². The van der Waals surface area contributed by atoms with Gasteiger partial charge >= 0.3 is 6.18 Å². The largest absolute Gasteiger partial charge is 0.389 e. The van der Waals surface area contributed by atoms with Crippen LogP contribution in [-0.2, 0) is 13.0 Å². The molecule has 0 atom stereocenters. The molecular weight excluding hydrogens is 247 g/mol. The van der Waals surface area contributed by atoms with E-state index in [1.807, 2.05) is 0 Å². The minimum absolute atomic E-state index is 0.209. The van der Waals surface area contributed by atoms with Crippen LogP contribution in [0.4, 0.5) is 13.2 Å². The van der Waals surface area contributed by atoms with Crippen molar-refractivity contribution in [3.63, 3.8) is 0 Å². The zero-order valence-electron chi connectivity index (χ0n) is 9.94. The maximum Gasteiger partial charge on any atom is 0.389 e. The van der Waals surface area contributed by atoms with Crippen LogP contribution in [-0.4, -0.2) is 12.7 Å². The Morgan fingerprint density at radius 3 is 2.47 bits per heavy atom. The fraction of sp³-hybridized carbons (Fsp3) is 0.667. The first-order chi connectivity index (χ1) is 8.01. The SMILES string of the molecule is CCc1ccc(CNCCCCC(F)(F)F)s1. The summed E-state index contributed by atoms with van der Waals surface area (Å²) in [7, 11) is 0. The number of hydrogen-bond donors (Lipinski definition) is 1. The first-order valence-electron chi connectivity index (χ1n) is 5.86. The summed E-state index contributed by atoms with van der Waals surface area (Å²) < 4.78 is 35.6. The van der Waals surface area contributed by atoms with E-state index in [1.165, 1.54) is 9.75 Å². The van der Waals surface area contributed by atoms with Gasteiger partial charge in [-0.3, -0.25) is 0 Å². The van der Waals surface area contributed by atoms with Gasteiger partial charge in [0.25, 0.3) is 0 Å². The smallest absolute Gasteiger partial charge is 0.312 e. The van der Waals surface area contributed by atoms with E-state index >= 15 is 0 Å². The monoisotopic (exact) mass is 265 g/mol. The van der Waals surface area contributed by atoms with E-state index in [1.54, 1.807) is 11.3 Å². The quantitative estimate of drug-likeness (QED) is 0.731. The van der Waals surface area contributed by atoms with Crippen molar-refractivity contribution in [2.75, 3.05) is 6.54 Å². The standard InChI is InChI=1S/C12H18F3NS/c1-2-10-5-6-11(17-10)9-16-8-4-3-7-12(13,14)15/h5-6,16H,2-4,7-9H2,1H3. The van der Waals surface area contributed by atoms with Crippen LogP contribution in [0, 0.1) is 0 Å². The number of alkyl halides is 3. The van der Waals surface area contributed by atoms with E-state index in [2.05, 4.69) is 24.4 Å². The third-order valence-corrected chi connectivity index (χ3v) is 3.66. The minimum atomic E-state index is -4.01. The summed E-state index contributed by atoms with van der Waals surface area (Å²) in [6, 6.07) is 4.18. The van der Waals surface area contributed by atoms with Gasteiger partial charge in [-0.25, -0.2) is 0 Å². The fourth-order valence-corrected chi connectivity index (χ4v) is 2.42. The van der Waals surface area contributed by atoms with Crippen molar-refractivity contribution in [1.29, 1.82) is 0 Å². The lowest BCUT2D eigenvalue weighted by atomic mass is 10.2. The topological polar surface area (TPSA) is 12.0 Å². The third-order valence-electron chi connectivity index (χ3n) is 2.43. The Morgan fingerprint density at radius 1 is 1.18 bits per heavy atom. The van der Waals surface area contributed by atoms with Crippen LogP contribution in [0.2, 0.25) is 0 Å². The zero-order valence-corrected chi connectivity index (χ0v) is 10.8. The molecule has 1 nitrogen and oxygen atoms in total. The minimum Gasteiger partial charge on any atom is -0.312 e. The normalized spacial score (nSPS) is 12.0. The van der Waals surface area contributed by atoms with Gasteiger partial charge in [0.15, 0.2) is 0 Å². The Kier molecular flexibility index (Phi) is 5.98. The average Bonchev–Trinajstić information content (AvgIpc) is 2.69. The molecule has 1 rings (SSSR count). The fourth-order valence-electron chi connectivity index (χ4n) is 1.49. The lowest BCUT2D eigenvalue weighted by Gasteiger charge is -2.06. The molecule has 0 aliphatic carbocycles. The van der Waals surface area contributed by atoms with Crippen molar-refractivity contribution in [3.05, 3.63) is 21.9 Å². The van der Waals surface area contributed by atoms with Crippen molar-refractivity contribution in [2.24, 2.45) is 0 Å². The third kappa shape index (κ3) is 6.68. The Labute approximate surface area is 104 Å².